The van der Waals surface area contributed by atoms with Gasteiger partial charge in [0.1, 0.15) is 0 Å². The van der Waals surface area contributed by atoms with Crippen molar-refractivity contribution in [3.05, 3.63) is 0 Å². The molecule has 0 spiro atoms. The Hall–Kier alpha value is -0.610. The van der Waals surface area contributed by atoms with Crippen LogP contribution in [0.2, 0.25) is 0 Å². The molecule has 0 bridgehead atoms. The Morgan fingerprint density at radius 1 is 1.57 bits per heavy atom. The van der Waals surface area contributed by atoms with Crippen LogP contribution in [0.15, 0.2) is 0 Å². The van der Waals surface area contributed by atoms with Gasteiger partial charge in [-0.3, -0.25) is 4.79 Å². The van der Waals surface area contributed by atoms with Crippen LogP contribution in [0.5, 0.6) is 0 Å². The van der Waals surface area contributed by atoms with Gasteiger partial charge in [0.25, 0.3) is 0 Å². The summed E-state index contributed by atoms with van der Waals surface area (Å²) in [6.45, 7) is 1.36. The molecule has 1 aliphatic carbocycles. The highest BCUT2D eigenvalue weighted by Crippen LogP contribution is 2.28. The summed E-state index contributed by atoms with van der Waals surface area (Å²) in [4.78, 5) is 12.6. The van der Waals surface area contributed by atoms with Gasteiger partial charge in [-0.2, -0.15) is 0 Å². The van der Waals surface area contributed by atoms with Crippen molar-refractivity contribution in [2.24, 2.45) is 11.7 Å². The molecule has 2 atom stereocenters. The van der Waals surface area contributed by atoms with Crippen LogP contribution in [-0.4, -0.2) is 42.2 Å². The van der Waals surface area contributed by atoms with Crippen LogP contribution in [0.4, 0.5) is 0 Å². The average molecular weight is 200 g/mol. The second kappa shape index (κ2) is 5.32. The Bertz CT molecular complexity index is 197. The number of carboxylic acids is 1. The minimum Gasteiger partial charge on any atom is -0.481 e. The fourth-order valence-corrected chi connectivity index (χ4v) is 2.31. The summed E-state index contributed by atoms with van der Waals surface area (Å²) < 4.78 is 0. The largest absolute Gasteiger partial charge is 0.481 e. The van der Waals surface area contributed by atoms with Crippen molar-refractivity contribution in [3.8, 4) is 0 Å². The van der Waals surface area contributed by atoms with Gasteiger partial charge in [-0.15, -0.1) is 0 Å². The first-order valence-corrected chi connectivity index (χ1v) is 5.27. The van der Waals surface area contributed by atoms with Gasteiger partial charge in [0.2, 0.25) is 0 Å². The minimum absolute atomic E-state index is 0.226. The third-order valence-electron chi connectivity index (χ3n) is 3.17. The van der Waals surface area contributed by atoms with Gasteiger partial charge >= 0.3 is 5.97 Å². The van der Waals surface area contributed by atoms with Crippen LogP contribution in [0, 0.1) is 5.92 Å². The second-order valence-electron chi connectivity index (χ2n) is 4.12. The molecule has 4 heteroatoms. The van der Waals surface area contributed by atoms with E-state index in [4.69, 9.17) is 10.8 Å². The Morgan fingerprint density at radius 2 is 2.29 bits per heavy atom. The predicted molar refractivity (Wildman–Crippen MR) is 55.1 cm³/mol. The van der Waals surface area contributed by atoms with E-state index in [-0.39, 0.29) is 6.42 Å². The van der Waals surface area contributed by atoms with Crippen molar-refractivity contribution in [1.82, 2.24) is 4.90 Å². The van der Waals surface area contributed by atoms with E-state index in [1.54, 1.807) is 0 Å². The lowest BCUT2D eigenvalue weighted by atomic mass is 10.0. The maximum Gasteiger partial charge on any atom is 0.304 e. The van der Waals surface area contributed by atoms with Crippen molar-refractivity contribution in [3.63, 3.8) is 0 Å². The zero-order valence-corrected chi connectivity index (χ0v) is 8.78. The second-order valence-corrected chi connectivity index (χ2v) is 4.12. The SMILES string of the molecule is CN(CCC(=O)O)C1CCCC1CN. The molecular formula is C10H20N2O2. The normalized spacial score (nSPS) is 27.1. The lowest BCUT2D eigenvalue weighted by Gasteiger charge is -2.28. The van der Waals surface area contributed by atoms with Crippen molar-refractivity contribution in [1.29, 1.82) is 0 Å². The molecule has 4 nitrogen and oxygen atoms in total. The number of nitrogens with zero attached hydrogens (tertiary/aromatic N) is 1. The number of carboxylic acid groups (broad SMARTS) is 1. The number of hydrogen-bond acceptors (Lipinski definition) is 3. The average Bonchev–Trinajstić information content (AvgIpc) is 2.61. The number of hydrogen-bond donors (Lipinski definition) is 2. The molecule has 0 aromatic heterocycles. The Labute approximate surface area is 85.1 Å². The summed E-state index contributed by atoms with van der Waals surface area (Å²) in [5, 5.41) is 8.58. The van der Waals surface area contributed by atoms with Gasteiger partial charge in [0, 0.05) is 12.6 Å². The van der Waals surface area contributed by atoms with Crippen molar-refractivity contribution < 1.29 is 9.90 Å². The molecule has 0 radical (unpaired) electrons. The third kappa shape index (κ3) is 2.96. The van der Waals surface area contributed by atoms with E-state index in [9.17, 15) is 4.79 Å². The fraction of sp³-hybridized carbons (Fsp3) is 0.900. The molecule has 0 aliphatic heterocycles. The lowest BCUT2D eigenvalue weighted by molar-refractivity contribution is -0.137. The molecule has 0 heterocycles. The maximum absolute atomic E-state index is 10.4. The molecule has 1 saturated carbocycles. The zero-order valence-electron chi connectivity index (χ0n) is 8.78. The van der Waals surface area contributed by atoms with Crippen LogP contribution >= 0.6 is 0 Å². The highest BCUT2D eigenvalue weighted by atomic mass is 16.4. The van der Waals surface area contributed by atoms with E-state index >= 15 is 0 Å². The highest BCUT2D eigenvalue weighted by molar-refractivity contribution is 5.66. The topological polar surface area (TPSA) is 66.6 Å². The number of nitrogens with two attached hydrogens (primary N) is 1. The summed E-state index contributed by atoms with van der Waals surface area (Å²) in [7, 11) is 2.00. The molecule has 0 aromatic carbocycles. The first-order valence-electron chi connectivity index (χ1n) is 5.27. The van der Waals surface area contributed by atoms with Gasteiger partial charge in [-0.1, -0.05) is 6.42 Å². The molecule has 0 saturated heterocycles. The first-order chi connectivity index (χ1) is 6.65. The Morgan fingerprint density at radius 3 is 2.86 bits per heavy atom. The van der Waals surface area contributed by atoms with Crippen molar-refractivity contribution in [2.75, 3.05) is 20.1 Å². The highest BCUT2D eigenvalue weighted by Gasteiger charge is 2.29. The van der Waals surface area contributed by atoms with Gasteiger partial charge in [-0.25, -0.2) is 0 Å². The fourth-order valence-electron chi connectivity index (χ4n) is 2.31. The molecule has 0 aromatic rings. The summed E-state index contributed by atoms with van der Waals surface area (Å²) in [5.41, 5.74) is 5.67. The maximum atomic E-state index is 10.4. The van der Waals surface area contributed by atoms with Gasteiger partial charge in [0.15, 0.2) is 0 Å². The van der Waals surface area contributed by atoms with Gasteiger partial charge < -0.3 is 15.7 Å². The molecule has 2 unspecified atom stereocenters. The quantitative estimate of drug-likeness (QED) is 0.679. The van der Waals surface area contributed by atoms with E-state index in [0.717, 1.165) is 13.0 Å². The first kappa shape index (κ1) is 11.5. The third-order valence-corrected chi connectivity index (χ3v) is 3.17. The van der Waals surface area contributed by atoms with E-state index in [1.807, 2.05) is 7.05 Å². The summed E-state index contributed by atoms with van der Waals surface area (Å²) in [6.07, 6.45) is 3.81. The Balaban J connectivity index is 2.35. The summed E-state index contributed by atoms with van der Waals surface area (Å²) >= 11 is 0. The molecule has 1 rings (SSSR count). The lowest BCUT2D eigenvalue weighted by Crippen LogP contribution is -2.38. The van der Waals surface area contributed by atoms with Gasteiger partial charge in [0.05, 0.1) is 6.42 Å². The van der Waals surface area contributed by atoms with E-state index in [1.165, 1.54) is 12.8 Å². The standard InChI is InChI=1S/C10H20N2O2/c1-12(6-5-10(13)14)9-4-2-3-8(9)7-11/h8-9H,2-7,11H2,1H3,(H,13,14). The van der Waals surface area contributed by atoms with Gasteiger partial charge in [-0.05, 0) is 32.4 Å². The van der Waals surface area contributed by atoms with Crippen LogP contribution in [-0.2, 0) is 4.79 Å². The molecular weight excluding hydrogens is 180 g/mol. The van der Waals surface area contributed by atoms with E-state index in [2.05, 4.69) is 4.90 Å². The molecule has 3 N–H and O–H groups in total. The predicted octanol–water partition coefficient (Wildman–Crippen LogP) is 0.520. The molecule has 14 heavy (non-hydrogen) atoms. The smallest absolute Gasteiger partial charge is 0.304 e. The van der Waals surface area contributed by atoms with Crippen molar-refractivity contribution >= 4 is 5.97 Å². The zero-order chi connectivity index (χ0) is 10.6. The molecule has 1 aliphatic rings. The summed E-state index contributed by atoms with van der Waals surface area (Å²) in [5.74, 6) is -0.159. The van der Waals surface area contributed by atoms with Crippen LogP contribution < -0.4 is 5.73 Å². The monoisotopic (exact) mass is 200 g/mol. The van der Waals surface area contributed by atoms with Crippen molar-refractivity contribution in [2.45, 2.75) is 31.7 Å². The van der Waals surface area contributed by atoms with Crippen LogP contribution in [0.1, 0.15) is 25.7 Å². The Kier molecular flexibility index (Phi) is 4.35. The molecule has 0 amide bonds. The number of rotatable bonds is 5. The van der Waals surface area contributed by atoms with E-state index < -0.39 is 5.97 Å². The van der Waals surface area contributed by atoms with Crippen LogP contribution in [0.3, 0.4) is 0 Å². The minimum atomic E-state index is -0.723. The summed E-state index contributed by atoms with van der Waals surface area (Å²) in [6, 6.07) is 0.499. The van der Waals surface area contributed by atoms with Crippen LogP contribution in [0.25, 0.3) is 0 Å². The van der Waals surface area contributed by atoms with E-state index in [0.29, 0.717) is 18.5 Å². The number of carbonyl (C=O) groups is 1. The molecule has 1 fully saturated rings. The molecule has 82 valence electrons. The number of aliphatic carboxylic acids is 1.